The molecular formula is C19H22FN5O3S. The first kappa shape index (κ1) is 19.9. The van der Waals surface area contributed by atoms with E-state index in [0.717, 1.165) is 18.4 Å². The van der Waals surface area contributed by atoms with Crippen molar-refractivity contribution in [1.29, 1.82) is 0 Å². The van der Waals surface area contributed by atoms with E-state index >= 15 is 0 Å². The Kier molecular flexibility index (Phi) is 5.32. The maximum Gasteiger partial charge on any atom is 0.294 e. The molecule has 2 aliphatic heterocycles. The topological polar surface area (TPSA) is 116 Å². The largest absolute Gasteiger partial charge is 0.312 e. The Morgan fingerprint density at radius 1 is 1.31 bits per heavy atom. The van der Waals surface area contributed by atoms with Gasteiger partial charge in [-0.1, -0.05) is 6.07 Å². The van der Waals surface area contributed by atoms with Gasteiger partial charge in [-0.15, -0.1) is 0 Å². The Morgan fingerprint density at radius 2 is 2.14 bits per heavy atom. The Hall–Kier alpha value is -2.43. The number of nitrogens with zero attached hydrogens (tertiary/aromatic N) is 2. The van der Waals surface area contributed by atoms with Crippen LogP contribution in [0.5, 0.6) is 0 Å². The lowest BCUT2D eigenvalue weighted by molar-refractivity contribution is 0.0994. The molecule has 0 aliphatic carbocycles. The number of aryl methyl sites for hydroxylation is 1. The highest BCUT2D eigenvalue weighted by Gasteiger charge is 2.31. The van der Waals surface area contributed by atoms with Crippen LogP contribution in [0.2, 0.25) is 0 Å². The summed E-state index contributed by atoms with van der Waals surface area (Å²) in [5.41, 5.74) is 1.95. The standard InChI is InChI=1S/C19H22FN5O3S/c1-11-2-5-16(20)17(6-11)29(27,28)25-14-4-3-13(21-9-14)7-12-8-22-19(26)18-15(12)10-23-24-18/h2,5-6,8,10,12-14,21,25H,3-4,7,9H2,1H3,(H,23,24). The van der Waals surface area contributed by atoms with Crippen LogP contribution >= 0.6 is 0 Å². The number of halogens is 1. The van der Waals surface area contributed by atoms with Crippen molar-refractivity contribution in [3.63, 3.8) is 0 Å². The number of piperidine rings is 1. The Labute approximate surface area is 168 Å². The number of H-pyrrole nitrogens is 1. The average Bonchev–Trinajstić information content (AvgIpc) is 3.18. The van der Waals surface area contributed by atoms with Gasteiger partial charge in [0, 0.05) is 36.3 Å². The van der Waals surface area contributed by atoms with Gasteiger partial charge < -0.3 is 5.32 Å². The van der Waals surface area contributed by atoms with Crippen molar-refractivity contribution in [3.8, 4) is 0 Å². The molecule has 2 aromatic rings. The molecule has 3 unspecified atom stereocenters. The first-order chi connectivity index (χ1) is 13.8. The third kappa shape index (κ3) is 4.14. The van der Waals surface area contributed by atoms with E-state index in [1.54, 1.807) is 19.3 Å². The van der Waals surface area contributed by atoms with Gasteiger partial charge in [0.2, 0.25) is 10.0 Å². The maximum absolute atomic E-state index is 14.0. The van der Waals surface area contributed by atoms with Crippen molar-refractivity contribution in [2.24, 2.45) is 4.99 Å². The fraction of sp³-hybridized carbons (Fsp3) is 0.421. The molecular weight excluding hydrogens is 397 g/mol. The number of amides is 1. The number of aromatic amines is 1. The van der Waals surface area contributed by atoms with Crippen molar-refractivity contribution in [3.05, 3.63) is 47.0 Å². The van der Waals surface area contributed by atoms with Gasteiger partial charge in [0.1, 0.15) is 16.4 Å². The van der Waals surface area contributed by atoms with Crippen molar-refractivity contribution >= 4 is 22.1 Å². The third-order valence-corrected chi connectivity index (χ3v) is 6.94. The normalized spacial score (nSPS) is 24.5. The summed E-state index contributed by atoms with van der Waals surface area (Å²) in [6.07, 6.45) is 5.41. The molecule has 3 heterocycles. The molecule has 154 valence electrons. The summed E-state index contributed by atoms with van der Waals surface area (Å²) in [6, 6.07) is 3.87. The Morgan fingerprint density at radius 3 is 2.90 bits per heavy atom. The second-order valence-electron chi connectivity index (χ2n) is 7.56. The van der Waals surface area contributed by atoms with E-state index in [4.69, 9.17) is 0 Å². The van der Waals surface area contributed by atoms with Crippen molar-refractivity contribution < 1.29 is 17.6 Å². The van der Waals surface area contributed by atoms with Crippen LogP contribution in [0.15, 0.2) is 34.3 Å². The minimum Gasteiger partial charge on any atom is -0.312 e. The molecule has 1 aromatic heterocycles. The number of sulfonamides is 1. The van der Waals surface area contributed by atoms with Gasteiger partial charge in [-0.3, -0.25) is 9.89 Å². The molecule has 0 radical (unpaired) electrons. The molecule has 4 rings (SSSR count). The van der Waals surface area contributed by atoms with Crippen molar-refractivity contribution in [2.45, 2.75) is 49.1 Å². The number of rotatable bonds is 5. The van der Waals surface area contributed by atoms with Crippen molar-refractivity contribution in [2.75, 3.05) is 6.54 Å². The first-order valence-electron chi connectivity index (χ1n) is 9.47. The van der Waals surface area contributed by atoms with Crippen LogP contribution in [0.3, 0.4) is 0 Å². The van der Waals surface area contributed by atoms with Gasteiger partial charge in [0.25, 0.3) is 5.91 Å². The molecule has 1 saturated heterocycles. The van der Waals surface area contributed by atoms with Gasteiger partial charge in [-0.2, -0.15) is 5.10 Å². The van der Waals surface area contributed by atoms with Gasteiger partial charge in [-0.05, 0) is 43.9 Å². The van der Waals surface area contributed by atoms with Gasteiger partial charge >= 0.3 is 0 Å². The van der Waals surface area contributed by atoms with Crippen LogP contribution in [-0.4, -0.2) is 49.4 Å². The number of fused-ring (bicyclic) bond motifs is 1. The molecule has 1 amide bonds. The Bertz CT molecular complexity index is 1060. The van der Waals surface area contributed by atoms with Crippen LogP contribution in [0.1, 0.15) is 46.8 Å². The fourth-order valence-corrected chi connectivity index (χ4v) is 5.29. The van der Waals surface area contributed by atoms with E-state index in [-0.39, 0.29) is 28.8 Å². The van der Waals surface area contributed by atoms with Crippen molar-refractivity contribution in [1.82, 2.24) is 20.2 Å². The molecule has 0 saturated carbocycles. The summed E-state index contributed by atoms with van der Waals surface area (Å²) in [7, 11) is -3.93. The van der Waals surface area contributed by atoms with E-state index in [9.17, 15) is 17.6 Å². The molecule has 0 bridgehead atoms. The number of carbonyl (C=O) groups is 1. The summed E-state index contributed by atoms with van der Waals surface area (Å²) >= 11 is 0. The van der Waals surface area contributed by atoms with E-state index in [1.165, 1.54) is 18.2 Å². The first-order valence-corrected chi connectivity index (χ1v) is 11.0. The summed E-state index contributed by atoms with van der Waals surface area (Å²) in [6.45, 7) is 2.16. The molecule has 3 N–H and O–H groups in total. The van der Waals surface area contributed by atoms with Crippen LogP contribution in [0, 0.1) is 12.7 Å². The summed E-state index contributed by atoms with van der Waals surface area (Å²) in [5.74, 6) is -1.09. The lowest BCUT2D eigenvalue weighted by atomic mass is 9.88. The molecule has 1 fully saturated rings. The van der Waals surface area contributed by atoms with Crippen LogP contribution in [0.25, 0.3) is 0 Å². The molecule has 2 aliphatic rings. The predicted octanol–water partition coefficient (Wildman–Crippen LogP) is 1.65. The van der Waals surface area contributed by atoms with Gasteiger partial charge in [-0.25, -0.2) is 22.5 Å². The lowest BCUT2D eigenvalue weighted by Crippen LogP contribution is -2.50. The highest BCUT2D eigenvalue weighted by Crippen LogP contribution is 2.28. The molecule has 3 atom stereocenters. The van der Waals surface area contributed by atoms with E-state index in [2.05, 4.69) is 25.2 Å². The Balaban J connectivity index is 1.36. The second kappa shape index (κ2) is 7.77. The summed E-state index contributed by atoms with van der Waals surface area (Å²) < 4.78 is 41.7. The van der Waals surface area contributed by atoms with Gasteiger partial charge in [0.05, 0.1) is 6.20 Å². The van der Waals surface area contributed by atoms with E-state index in [1.807, 2.05) is 0 Å². The molecule has 8 nitrogen and oxygen atoms in total. The zero-order chi connectivity index (χ0) is 20.6. The highest BCUT2D eigenvalue weighted by atomic mass is 32.2. The number of benzene rings is 1. The van der Waals surface area contributed by atoms with Gasteiger partial charge in [0.15, 0.2) is 0 Å². The fourth-order valence-electron chi connectivity index (χ4n) is 3.86. The summed E-state index contributed by atoms with van der Waals surface area (Å²) in [5, 5.41) is 9.98. The lowest BCUT2D eigenvalue weighted by Gasteiger charge is -2.32. The number of aromatic nitrogens is 2. The average molecular weight is 419 g/mol. The minimum absolute atomic E-state index is 0.0198. The number of nitrogens with one attached hydrogen (secondary N) is 3. The highest BCUT2D eigenvalue weighted by molar-refractivity contribution is 7.89. The quantitative estimate of drug-likeness (QED) is 0.682. The number of aliphatic imine (C=N–C) groups is 1. The monoisotopic (exact) mass is 419 g/mol. The van der Waals surface area contributed by atoms with Crippen LogP contribution in [0.4, 0.5) is 4.39 Å². The predicted molar refractivity (Wildman–Crippen MR) is 105 cm³/mol. The zero-order valence-corrected chi connectivity index (χ0v) is 16.7. The third-order valence-electron chi connectivity index (χ3n) is 5.41. The smallest absolute Gasteiger partial charge is 0.294 e. The second-order valence-corrected chi connectivity index (χ2v) is 9.24. The van der Waals surface area contributed by atoms with Crippen LogP contribution < -0.4 is 10.0 Å². The molecule has 1 aromatic carbocycles. The molecule has 0 spiro atoms. The SMILES string of the molecule is Cc1ccc(F)c(S(=O)(=O)NC2CCC(CC3C=NC(=O)c4[nH]ncc43)NC2)c1. The van der Waals surface area contributed by atoms with E-state index in [0.29, 0.717) is 24.2 Å². The minimum atomic E-state index is -3.93. The van der Waals surface area contributed by atoms with E-state index < -0.39 is 15.8 Å². The zero-order valence-electron chi connectivity index (χ0n) is 15.9. The summed E-state index contributed by atoms with van der Waals surface area (Å²) in [4.78, 5) is 15.3. The number of hydrogen-bond donors (Lipinski definition) is 3. The number of carbonyl (C=O) groups excluding carboxylic acids is 1. The number of hydrogen-bond acceptors (Lipinski definition) is 5. The molecule has 10 heteroatoms. The molecule has 29 heavy (non-hydrogen) atoms. The van der Waals surface area contributed by atoms with Crippen LogP contribution in [-0.2, 0) is 10.0 Å². The maximum atomic E-state index is 14.0.